The summed E-state index contributed by atoms with van der Waals surface area (Å²) in [6, 6.07) is 19.0. The molecule has 0 aliphatic rings. The summed E-state index contributed by atoms with van der Waals surface area (Å²) in [5.74, 6) is 0.234. The van der Waals surface area contributed by atoms with Crippen molar-refractivity contribution in [2.24, 2.45) is 0 Å². The lowest BCUT2D eigenvalue weighted by Gasteiger charge is -2.14. The number of allylic oxidation sites excluding steroid dienone is 1. The van der Waals surface area contributed by atoms with Crippen molar-refractivity contribution in [2.75, 3.05) is 0 Å². The number of fused-ring (bicyclic) bond motifs is 1. The summed E-state index contributed by atoms with van der Waals surface area (Å²) >= 11 is 0. The highest BCUT2D eigenvalue weighted by Crippen LogP contribution is 2.34. The lowest BCUT2D eigenvalue weighted by Crippen LogP contribution is -1.98. The first-order valence-electron chi connectivity index (χ1n) is 6.56. The molecule has 0 spiro atoms. The predicted octanol–water partition coefficient (Wildman–Crippen LogP) is 4.79. The summed E-state index contributed by atoms with van der Waals surface area (Å²) < 4.78 is 0. The van der Waals surface area contributed by atoms with E-state index in [2.05, 4.69) is 67.0 Å². The molecular weight excluding hydrogens is 230 g/mol. The van der Waals surface area contributed by atoms with E-state index in [1.807, 2.05) is 12.1 Å². The quantitative estimate of drug-likeness (QED) is 0.640. The van der Waals surface area contributed by atoms with Crippen molar-refractivity contribution in [3.63, 3.8) is 0 Å². The lowest BCUT2D eigenvalue weighted by molar-refractivity contribution is 1.02. The molecule has 0 aliphatic heterocycles. The van der Waals surface area contributed by atoms with Crippen molar-refractivity contribution in [3.8, 4) is 0 Å². The molecule has 0 aliphatic carbocycles. The summed E-state index contributed by atoms with van der Waals surface area (Å²) in [6.45, 7) is 6.16. The van der Waals surface area contributed by atoms with Gasteiger partial charge in [0.15, 0.2) is 0 Å². The minimum Gasteiger partial charge on any atom is -0.358 e. The number of nitrogens with one attached hydrogen (secondary N) is 1. The van der Waals surface area contributed by atoms with Crippen LogP contribution in [0.3, 0.4) is 0 Å². The van der Waals surface area contributed by atoms with Gasteiger partial charge < -0.3 is 4.98 Å². The van der Waals surface area contributed by atoms with Crippen LogP contribution in [0.5, 0.6) is 0 Å². The van der Waals surface area contributed by atoms with Crippen LogP contribution in [-0.4, -0.2) is 4.98 Å². The molecule has 94 valence electrons. The van der Waals surface area contributed by atoms with Crippen LogP contribution >= 0.6 is 0 Å². The Kier molecular flexibility index (Phi) is 2.96. The molecule has 2 aromatic carbocycles. The maximum absolute atomic E-state index is 4.03. The fraction of sp³-hybridized carbons (Fsp3) is 0.111. The first-order valence-corrected chi connectivity index (χ1v) is 6.56. The SMILES string of the molecule is C=CC(c1ccccc1)c1c(C)[nH]c2ccccc12. The fourth-order valence-corrected chi connectivity index (χ4v) is 2.78. The molecule has 0 fully saturated rings. The molecule has 1 nitrogen and oxygen atoms in total. The third-order valence-corrected chi connectivity index (χ3v) is 3.65. The second-order valence-electron chi connectivity index (χ2n) is 4.83. The summed E-state index contributed by atoms with van der Waals surface area (Å²) in [5.41, 5.74) is 5.02. The van der Waals surface area contributed by atoms with Crippen LogP contribution in [-0.2, 0) is 0 Å². The molecule has 1 heterocycles. The van der Waals surface area contributed by atoms with Crippen molar-refractivity contribution in [3.05, 3.63) is 84.1 Å². The van der Waals surface area contributed by atoms with Gasteiger partial charge in [0.05, 0.1) is 0 Å². The maximum Gasteiger partial charge on any atom is 0.0459 e. The highest BCUT2D eigenvalue weighted by atomic mass is 14.7. The first kappa shape index (κ1) is 11.8. The zero-order valence-electron chi connectivity index (χ0n) is 11.1. The molecule has 0 bridgehead atoms. The van der Waals surface area contributed by atoms with Gasteiger partial charge in [-0.1, -0.05) is 54.6 Å². The number of hydrogen-bond acceptors (Lipinski definition) is 0. The van der Waals surface area contributed by atoms with E-state index in [1.54, 1.807) is 0 Å². The van der Waals surface area contributed by atoms with Gasteiger partial charge in [0, 0.05) is 22.5 Å². The second kappa shape index (κ2) is 4.77. The Bertz CT molecular complexity index is 707. The molecular formula is C18H17N. The summed E-state index contributed by atoms with van der Waals surface area (Å²) in [6.07, 6.45) is 2.03. The average molecular weight is 247 g/mol. The van der Waals surface area contributed by atoms with Crippen LogP contribution in [0.15, 0.2) is 67.3 Å². The standard InChI is InChI=1S/C18H17N/c1-3-15(14-9-5-4-6-10-14)18-13(2)19-17-12-8-7-11-16(17)18/h3-12,15,19H,1H2,2H3. The number of aromatic amines is 1. The lowest BCUT2D eigenvalue weighted by atomic mass is 9.89. The Labute approximate surface area is 113 Å². The van der Waals surface area contributed by atoms with Gasteiger partial charge >= 0.3 is 0 Å². The normalized spacial score (nSPS) is 12.5. The van der Waals surface area contributed by atoms with Crippen LogP contribution in [0, 0.1) is 6.92 Å². The number of hydrogen-bond donors (Lipinski definition) is 1. The molecule has 0 saturated heterocycles. The molecule has 3 aromatic rings. The Morgan fingerprint density at radius 1 is 1.00 bits per heavy atom. The Morgan fingerprint density at radius 3 is 2.42 bits per heavy atom. The Hall–Kier alpha value is -2.28. The van der Waals surface area contributed by atoms with E-state index < -0.39 is 0 Å². The van der Waals surface area contributed by atoms with Crippen molar-refractivity contribution in [1.82, 2.24) is 4.98 Å². The van der Waals surface area contributed by atoms with Crippen LogP contribution in [0.2, 0.25) is 0 Å². The molecule has 1 aromatic heterocycles. The van der Waals surface area contributed by atoms with Gasteiger partial charge in [0.25, 0.3) is 0 Å². The van der Waals surface area contributed by atoms with E-state index in [1.165, 1.54) is 27.7 Å². The van der Waals surface area contributed by atoms with Crippen molar-refractivity contribution < 1.29 is 0 Å². The first-order chi connectivity index (χ1) is 9.31. The topological polar surface area (TPSA) is 15.8 Å². The van der Waals surface area contributed by atoms with E-state index in [0.717, 1.165) is 0 Å². The number of aromatic nitrogens is 1. The van der Waals surface area contributed by atoms with E-state index in [9.17, 15) is 0 Å². The van der Waals surface area contributed by atoms with Crippen LogP contribution in [0.4, 0.5) is 0 Å². The number of benzene rings is 2. The molecule has 0 amide bonds. The number of aryl methyl sites for hydroxylation is 1. The van der Waals surface area contributed by atoms with Crippen molar-refractivity contribution in [1.29, 1.82) is 0 Å². The highest BCUT2D eigenvalue weighted by Gasteiger charge is 2.17. The van der Waals surface area contributed by atoms with E-state index in [4.69, 9.17) is 0 Å². The van der Waals surface area contributed by atoms with Crippen LogP contribution in [0.1, 0.15) is 22.7 Å². The molecule has 0 radical (unpaired) electrons. The van der Waals surface area contributed by atoms with Gasteiger partial charge in [0.1, 0.15) is 0 Å². The third kappa shape index (κ3) is 1.97. The molecule has 0 saturated carbocycles. The third-order valence-electron chi connectivity index (χ3n) is 3.65. The zero-order valence-corrected chi connectivity index (χ0v) is 11.1. The minimum atomic E-state index is 0.234. The van der Waals surface area contributed by atoms with Gasteiger partial charge in [-0.15, -0.1) is 6.58 Å². The Balaban J connectivity index is 2.22. The molecule has 1 N–H and O–H groups in total. The molecule has 1 unspecified atom stereocenters. The monoisotopic (exact) mass is 247 g/mol. The summed E-state index contributed by atoms with van der Waals surface area (Å²) in [7, 11) is 0. The molecule has 3 rings (SSSR count). The molecule has 1 atom stereocenters. The van der Waals surface area contributed by atoms with Crippen LogP contribution in [0.25, 0.3) is 10.9 Å². The van der Waals surface area contributed by atoms with Gasteiger partial charge in [0.2, 0.25) is 0 Å². The Morgan fingerprint density at radius 2 is 1.68 bits per heavy atom. The van der Waals surface area contributed by atoms with E-state index >= 15 is 0 Å². The predicted molar refractivity (Wildman–Crippen MR) is 81.5 cm³/mol. The van der Waals surface area contributed by atoms with Gasteiger partial charge in [-0.05, 0) is 24.1 Å². The molecule has 1 heteroatoms. The van der Waals surface area contributed by atoms with E-state index in [-0.39, 0.29) is 5.92 Å². The van der Waals surface area contributed by atoms with Gasteiger partial charge in [-0.2, -0.15) is 0 Å². The number of rotatable bonds is 3. The largest absolute Gasteiger partial charge is 0.358 e. The maximum atomic E-state index is 4.03. The van der Waals surface area contributed by atoms with Crippen LogP contribution < -0.4 is 0 Å². The van der Waals surface area contributed by atoms with Gasteiger partial charge in [-0.3, -0.25) is 0 Å². The van der Waals surface area contributed by atoms with E-state index in [0.29, 0.717) is 0 Å². The van der Waals surface area contributed by atoms with Gasteiger partial charge in [-0.25, -0.2) is 0 Å². The molecule has 19 heavy (non-hydrogen) atoms. The fourth-order valence-electron chi connectivity index (χ4n) is 2.78. The zero-order chi connectivity index (χ0) is 13.2. The minimum absolute atomic E-state index is 0.234. The second-order valence-corrected chi connectivity index (χ2v) is 4.83. The van der Waals surface area contributed by atoms with Crippen molar-refractivity contribution >= 4 is 10.9 Å². The smallest absolute Gasteiger partial charge is 0.0459 e. The summed E-state index contributed by atoms with van der Waals surface area (Å²) in [5, 5.41) is 1.29. The highest BCUT2D eigenvalue weighted by molar-refractivity contribution is 5.86. The number of H-pyrrole nitrogens is 1. The average Bonchev–Trinajstić information content (AvgIpc) is 2.78. The summed E-state index contributed by atoms with van der Waals surface area (Å²) in [4.78, 5) is 3.46. The number of para-hydroxylation sites is 1. The van der Waals surface area contributed by atoms with Crippen molar-refractivity contribution in [2.45, 2.75) is 12.8 Å².